The number of aliphatic hydroxyl groups excluding tert-OH is 1. The molecular weight excluding hydrogens is 469 g/mol. The minimum atomic E-state index is -4.60. The average molecular weight is 503 g/mol. The van der Waals surface area contributed by atoms with E-state index in [9.17, 15) is 26.7 Å². The summed E-state index contributed by atoms with van der Waals surface area (Å²) in [7, 11) is -4.02. The van der Waals surface area contributed by atoms with Gasteiger partial charge >= 0.3 is 6.18 Å². The van der Waals surface area contributed by atoms with Crippen molar-refractivity contribution >= 4 is 10.0 Å². The van der Waals surface area contributed by atoms with Gasteiger partial charge in [0.25, 0.3) is 0 Å². The highest BCUT2D eigenvalue weighted by atomic mass is 32.2. The summed E-state index contributed by atoms with van der Waals surface area (Å²) in [6, 6.07) is 3.82. The van der Waals surface area contributed by atoms with Crippen molar-refractivity contribution in [3.63, 3.8) is 0 Å². The number of rotatable bonds is 8. The van der Waals surface area contributed by atoms with Crippen LogP contribution in [0.25, 0.3) is 0 Å². The Kier molecular flexibility index (Phi) is 7.19. The Bertz CT molecular complexity index is 1020. The van der Waals surface area contributed by atoms with Crippen molar-refractivity contribution in [1.82, 2.24) is 9.21 Å². The summed E-state index contributed by atoms with van der Waals surface area (Å²) >= 11 is 0. The summed E-state index contributed by atoms with van der Waals surface area (Å²) in [6.45, 7) is 6.77. The van der Waals surface area contributed by atoms with E-state index in [-0.39, 0.29) is 24.6 Å². The molecule has 1 saturated carbocycles. The predicted octanol–water partition coefficient (Wildman–Crippen LogP) is 3.38. The monoisotopic (exact) mass is 502 g/mol. The van der Waals surface area contributed by atoms with Crippen molar-refractivity contribution in [2.75, 3.05) is 45.9 Å². The number of aliphatic hydroxyl groups is 1. The number of hydrogen-bond donors (Lipinski definition) is 1. The zero-order valence-electron chi connectivity index (χ0n) is 19.6. The van der Waals surface area contributed by atoms with Gasteiger partial charge in [-0.15, -0.1) is 0 Å². The largest absolute Gasteiger partial charge is 0.416 e. The van der Waals surface area contributed by atoms with Gasteiger partial charge in [0.15, 0.2) is 0 Å². The molecule has 0 aromatic heterocycles. The molecule has 1 aromatic rings. The summed E-state index contributed by atoms with van der Waals surface area (Å²) in [5.74, 6) is 1.33. The van der Waals surface area contributed by atoms with E-state index in [0.29, 0.717) is 43.6 Å². The standard InChI is InChI=1S/C24H33F3N2O4S/c1-23(2)18-7-6-17(22(23)13-18)15-33-16-20(30)14-28-8-10-29(11-9-28)34(31,32)21-5-3-4-19(12-21)24(25,26)27/h3-6,12,18,20,22,30H,7-11,13-16H2,1-2H3/t18-,20+,22+/m0/s1. The lowest BCUT2D eigenvalue weighted by Crippen LogP contribution is -2.50. The third-order valence-electron chi connectivity index (χ3n) is 7.76. The maximum absolute atomic E-state index is 13.0. The van der Waals surface area contributed by atoms with Gasteiger partial charge in [-0.3, -0.25) is 4.90 Å². The van der Waals surface area contributed by atoms with Crippen LogP contribution in [0.3, 0.4) is 0 Å². The zero-order valence-corrected chi connectivity index (χ0v) is 20.4. The molecule has 0 radical (unpaired) electrons. The summed E-state index contributed by atoms with van der Waals surface area (Å²) in [5.41, 5.74) is 0.674. The van der Waals surface area contributed by atoms with Gasteiger partial charge in [0.1, 0.15) is 0 Å². The number of halogens is 3. The van der Waals surface area contributed by atoms with Gasteiger partial charge in [0, 0.05) is 32.7 Å². The minimum Gasteiger partial charge on any atom is -0.389 e. The first-order valence-electron chi connectivity index (χ1n) is 11.7. The summed E-state index contributed by atoms with van der Waals surface area (Å²) < 4.78 is 71.6. The number of hydrogen-bond acceptors (Lipinski definition) is 5. The van der Waals surface area contributed by atoms with Gasteiger partial charge in [0.2, 0.25) is 10.0 Å². The van der Waals surface area contributed by atoms with Crippen LogP contribution in [0.4, 0.5) is 13.2 Å². The third-order valence-corrected chi connectivity index (χ3v) is 9.66. The molecular formula is C24H33F3N2O4S. The third kappa shape index (κ3) is 5.21. The molecule has 1 N–H and O–H groups in total. The molecule has 34 heavy (non-hydrogen) atoms. The molecule has 190 valence electrons. The van der Waals surface area contributed by atoms with Crippen molar-refractivity contribution < 1.29 is 31.4 Å². The number of nitrogens with zero attached hydrogens (tertiary/aromatic N) is 2. The fourth-order valence-electron chi connectivity index (χ4n) is 5.44. The molecule has 2 fully saturated rings. The summed E-state index contributed by atoms with van der Waals surface area (Å²) in [4.78, 5) is 1.59. The Morgan fingerprint density at radius 3 is 2.53 bits per heavy atom. The minimum absolute atomic E-state index is 0.150. The van der Waals surface area contributed by atoms with E-state index in [0.717, 1.165) is 24.5 Å². The number of sulfonamides is 1. The smallest absolute Gasteiger partial charge is 0.389 e. The number of piperazine rings is 1. The van der Waals surface area contributed by atoms with Crippen molar-refractivity contribution in [2.45, 2.75) is 43.9 Å². The average Bonchev–Trinajstić information content (AvgIpc) is 2.79. The summed E-state index contributed by atoms with van der Waals surface area (Å²) in [5, 5.41) is 10.4. The van der Waals surface area contributed by atoms with Gasteiger partial charge < -0.3 is 9.84 Å². The molecule has 6 nitrogen and oxygen atoms in total. The molecule has 1 heterocycles. The number of fused-ring (bicyclic) bond motifs is 1. The van der Waals surface area contributed by atoms with Gasteiger partial charge in [-0.25, -0.2) is 8.42 Å². The van der Waals surface area contributed by atoms with E-state index in [1.54, 1.807) is 0 Å². The quantitative estimate of drug-likeness (QED) is 0.552. The normalized spacial score (nSPS) is 26.6. The lowest BCUT2D eigenvalue weighted by molar-refractivity contribution is -0.137. The molecule has 1 saturated heterocycles. The van der Waals surface area contributed by atoms with E-state index >= 15 is 0 Å². The van der Waals surface area contributed by atoms with Crippen molar-refractivity contribution in [3.8, 4) is 0 Å². The Labute approximate surface area is 199 Å². The molecule has 1 aliphatic heterocycles. The second-order valence-corrected chi connectivity index (χ2v) is 12.2. The Morgan fingerprint density at radius 1 is 1.21 bits per heavy atom. The highest BCUT2D eigenvalue weighted by Gasteiger charge is 2.51. The van der Waals surface area contributed by atoms with Crippen LogP contribution in [0, 0.1) is 17.3 Å². The second kappa shape index (κ2) is 9.54. The van der Waals surface area contributed by atoms with E-state index in [2.05, 4.69) is 19.9 Å². The van der Waals surface area contributed by atoms with E-state index in [1.165, 1.54) is 22.4 Å². The molecule has 0 amide bonds. The Hall–Kier alpha value is -1.46. The van der Waals surface area contributed by atoms with Gasteiger partial charge in [0.05, 0.1) is 29.8 Å². The van der Waals surface area contributed by atoms with Gasteiger partial charge in [-0.1, -0.05) is 26.0 Å². The van der Waals surface area contributed by atoms with Crippen LogP contribution < -0.4 is 0 Å². The topological polar surface area (TPSA) is 70.1 Å². The second-order valence-electron chi connectivity index (χ2n) is 10.2. The molecule has 2 bridgehead atoms. The predicted molar refractivity (Wildman–Crippen MR) is 122 cm³/mol. The van der Waals surface area contributed by atoms with E-state index in [4.69, 9.17) is 4.74 Å². The molecule has 5 rings (SSSR count). The Balaban J connectivity index is 1.23. The van der Waals surface area contributed by atoms with Crippen LogP contribution in [0.15, 0.2) is 40.8 Å². The van der Waals surface area contributed by atoms with Gasteiger partial charge in [-0.2, -0.15) is 17.5 Å². The molecule has 10 heteroatoms. The lowest BCUT2D eigenvalue weighted by atomic mass is 9.49. The van der Waals surface area contributed by atoms with Crippen molar-refractivity contribution in [1.29, 1.82) is 0 Å². The first kappa shape index (κ1) is 25.6. The molecule has 0 spiro atoms. The number of β-amino-alcohol motifs (C(OH)–C–C–N with tert-alkyl or cyclic N) is 1. The van der Waals surface area contributed by atoms with Crippen molar-refractivity contribution in [2.24, 2.45) is 17.3 Å². The van der Waals surface area contributed by atoms with Crippen LogP contribution >= 0.6 is 0 Å². The molecule has 3 atom stereocenters. The van der Waals surface area contributed by atoms with E-state index in [1.807, 2.05) is 4.90 Å². The van der Waals surface area contributed by atoms with Crippen LogP contribution in [0.1, 0.15) is 32.3 Å². The maximum atomic E-state index is 13.0. The van der Waals surface area contributed by atoms with Gasteiger partial charge in [-0.05, 0) is 53.9 Å². The fourth-order valence-corrected chi connectivity index (χ4v) is 6.91. The highest BCUT2D eigenvalue weighted by Crippen LogP contribution is 2.59. The number of alkyl halides is 3. The maximum Gasteiger partial charge on any atom is 0.416 e. The molecule has 4 aliphatic rings. The number of ether oxygens (including phenoxy) is 1. The lowest BCUT2D eigenvalue weighted by Gasteiger charge is -2.56. The first-order chi connectivity index (χ1) is 15.9. The van der Waals surface area contributed by atoms with Crippen LogP contribution in [-0.4, -0.2) is 74.8 Å². The fraction of sp³-hybridized carbons (Fsp3) is 0.667. The molecule has 0 unspecified atom stereocenters. The zero-order chi connectivity index (χ0) is 24.7. The number of benzene rings is 1. The Morgan fingerprint density at radius 2 is 1.91 bits per heavy atom. The first-order valence-corrected chi connectivity index (χ1v) is 13.2. The van der Waals surface area contributed by atoms with Crippen LogP contribution in [0.2, 0.25) is 0 Å². The van der Waals surface area contributed by atoms with Crippen LogP contribution in [0.5, 0.6) is 0 Å². The molecule has 3 aliphatic carbocycles. The summed E-state index contributed by atoms with van der Waals surface area (Å²) in [6.07, 6.45) is -0.706. The number of allylic oxidation sites excluding steroid dienone is 1. The van der Waals surface area contributed by atoms with Crippen LogP contribution in [-0.2, 0) is 20.9 Å². The molecule has 1 aromatic carbocycles. The SMILES string of the molecule is CC1(C)[C@H]2CC=C(COC[C@H](O)CN3CCN(S(=O)(=O)c4cccc(C(F)(F)F)c4)CC3)[C@H]1C2. The van der Waals surface area contributed by atoms with Crippen molar-refractivity contribution in [3.05, 3.63) is 41.5 Å². The van der Waals surface area contributed by atoms with E-state index < -0.39 is 27.9 Å². The highest BCUT2D eigenvalue weighted by molar-refractivity contribution is 7.89.